The molecule has 0 fully saturated rings. The van der Waals surface area contributed by atoms with E-state index in [1.165, 1.54) is 19.3 Å². The molecule has 0 spiro atoms. The Labute approximate surface area is 86.8 Å². The highest BCUT2D eigenvalue weighted by Crippen LogP contribution is 2.14. The SMILES string of the molecule is C=Cc1ccc(C(=O)OC)c(NC=O)n1. The molecule has 1 heterocycles. The minimum atomic E-state index is -0.553. The number of methoxy groups -OCH3 is 1. The quantitative estimate of drug-likeness (QED) is 0.591. The Morgan fingerprint density at radius 1 is 1.60 bits per heavy atom. The maximum atomic E-state index is 11.3. The van der Waals surface area contributed by atoms with Gasteiger partial charge in [0, 0.05) is 0 Å². The zero-order valence-corrected chi connectivity index (χ0v) is 8.19. The molecule has 1 amide bonds. The van der Waals surface area contributed by atoms with E-state index < -0.39 is 5.97 Å². The van der Waals surface area contributed by atoms with Gasteiger partial charge in [0.1, 0.15) is 11.4 Å². The molecule has 15 heavy (non-hydrogen) atoms. The van der Waals surface area contributed by atoms with E-state index >= 15 is 0 Å². The highest BCUT2D eigenvalue weighted by molar-refractivity contribution is 5.96. The topological polar surface area (TPSA) is 68.3 Å². The molecular formula is C10H10N2O3. The van der Waals surface area contributed by atoms with Gasteiger partial charge in [0.2, 0.25) is 6.41 Å². The first-order valence-corrected chi connectivity index (χ1v) is 4.15. The number of carbonyl (C=O) groups is 2. The molecule has 1 aromatic rings. The van der Waals surface area contributed by atoms with Gasteiger partial charge in [0.15, 0.2) is 0 Å². The largest absolute Gasteiger partial charge is 0.465 e. The van der Waals surface area contributed by atoms with Crippen LogP contribution in [0.5, 0.6) is 0 Å². The molecule has 1 aromatic heterocycles. The maximum absolute atomic E-state index is 11.3. The number of nitrogens with one attached hydrogen (secondary N) is 1. The summed E-state index contributed by atoms with van der Waals surface area (Å²) < 4.78 is 4.54. The van der Waals surface area contributed by atoms with Crippen LogP contribution in [-0.2, 0) is 9.53 Å². The molecular weight excluding hydrogens is 196 g/mol. The van der Waals surface area contributed by atoms with Gasteiger partial charge in [-0.1, -0.05) is 6.58 Å². The van der Waals surface area contributed by atoms with Crippen molar-refractivity contribution < 1.29 is 14.3 Å². The molecule has 0 aromatic carbocycles. The minimum absolute atomic E-state index is 0.161. The summed E-state index contributed by atoms with van der Waals surface area (Å²) >= 11 is 0. The van der Waals surface area contributed by atoms with Gasteiger partial charge in [0.25, 0.3) is 0 Å². The molecule has 1 rings (SSSR count). The van der Waals surface area contributed by atoms with E-state index in [0.717, 1.165) is 0 Å². The molecule has 0 saturated carbocycles. The number of pyridine rings is 1. The van der Waals surface area contributed by atoms with Gasteiger partial charge >= 0.3 is 5.97 Å². The number of carbonyl (C=O) groups excluding carboxylic acids is 2. The number of nitrogens with zero attached hydrogens (tertiary/aromatic N) is 1. The number of aromatic nitrogens is 1. The summed E-state index contributed by atoms with van der Waals surface area (Å²) in [6.45, 7) is 3.53. The van der Waals surface area contributed by atoms with Crippen molar-refractivity contribution >= 4 is 24.3 Å². The molecule has 0 atom stereocenters. The number of rotatable bonds is 4. The number of ether oxygens (including phenoxy) is 1. The highest BCUT2D eigenvalue weighted by atomic mass is 16.5. The molecule has 1 N–H and O–H groups in total. The first-order chi connectivity index (χ1) is 7.22. The summed E-state index contributed by atoms with van der Waals surface area (Å²) in [7, 11) is 1.26. The Morgan fingerprint density at radius 3 is 2.87 bits per heavy atom. The summed E-state index contributed by atoms with van der Waals surface area (Å²) in [6.07, 6.45) is 1.96. The van der Waals surface area contributed by atoms with Gasteiger partial charge in [-0.05, 0) is 18.2 Å². The van der Waals surface area contributed by atoms with Crippen molar-refractivity contribution in [3.63, 3.8) is 0 Å². The first-order valence-electron chi connectivity index (χ1n) is 4.15. The molecule has 5 nitrogen and oxygen atoms in total. The van der Waals surface area contributed by atoms with Crippen LogP contribution in [0.4, 0.5) is 5.82 Å². The Balaban J connectivity index is 3.19. The molecule has 5 heteroatoms. The van der Waals surface area contributed by atoms with Crippen LogP contribution >= 0.6 is 0 Å². The molecule has 0 aliphatic heterocycles. The van der Waals surface area contributed by atoms with Crippen LogP contribution in [0.15, 0.2) is 18.7 Å². The van der Waals surface area contributed by atoms with Crippen LogP contribution in [-0.4, -0.2) is 24.5 Å². The van der Waals surface area contributed by atoms with E-state index in [2.05, 4.69) is 21.6 Å². The molecule has 0 unspecified atom stereocenters. The third kappa shape index (κ3) is 2.40. The highest BCUT2D eigenvalue weighted by Gasteiger charge is 2.12. The molecule has 0 saturated heterocycles. The molecule has 0 aliphatic rings. The van der Waals surface area contributed by atoms with E-state index in [4.69, 9.17) is 0 Å². The first kappa shape index (κ1) is 10.9. The number of hydrogen-bond donors (Lipinski definition) is 1. The van der Waals surface area contributed by atoms with Crippen LogP contribution in [0.3, 0.4) is 0 Å². The Kier molecular flexibility index (Phi) is 3.56. The second-order valence-corrected chi connectivity index (χ2v) is 2.59. The molecule has 0 aliphatic carbocycles. The van der Waals surface area contributed by atoms with E-state index in [0.29, 0.717) is 12.1 Å². The normalized spacial score (nSPS) is 9.13. The zero-order valence-electron chi connectivity index (χ0n) is 8.19. The lowest BCUT2D eigenvalue weighted by molar-refractivity contribution is -0.105. The lowest BCUT2D eigenvalue weighted by Gasteiger charge is -2.05. The van der Waals surface area contributed by atoms with Gasteiger partial charge in [-0.15, -0.1) is 0 Å². The Morgan fingerprint density at radius 2 is 2.33 bits per heavy atom. The summed E-state index contributed by atoms with van der Waals surface area (Å²) in [6, 6.07) is 3.12. The van der Waals surface area contributed by atoms with Crippen LogP contribution in [0.2, 0.25) is 0 Å². The molecule has 0 bridgehead atoms. The smallest absolute Gasteiger partial charge is 0.341 e. The molecule has 0 radical (unpaired) electrons. The average molecular weight is 206 g/mol. The number of hydrogen-bond acceptors (Lipinski definition) is 4. The van der Waals surface area contributed by atoms with Gasteiger partial charge in [-0.25, -0.2) is 9.78 Å². The van der Waals surface area contributed by atoms with Gasteiger partial charge in [-0.3, -0.25) is 4.79 Å². The maximum Gasteiger partial charge on any atom is 0.341 e. The van der Waals surface area contributed by atoms with Crippen molar-refractivity contribution in [1.29, 1.82) is 0 Å². The van der Waals surface area contributed by atoms with Crippen molar-refractivity contribution in [1.82, 2.24) is 4.98 Å². The van der Waals surface area contributed by atoms with Crippen LogP contribution in [0, 0.1) is 0 Å². The lowest BCUT2D eigenvalue weighted by Crippen LogP contribution is -2.09. The number of esters is 1. The van der Waals surface area contributed by atoms with Gasteiger partial charge in [-0.2, -0.15) is 0 Å². The second-order valence-electron chi connectivity index (χ2n) is 2.59. The van der Waals surface area contributed by atoms with E-state index in [-0.39, 0.29) is 11.4 Å². The van der Waals surface area contributed by atoms with E-state index in [9.17, 15) is 9.59 Å². The number of amides is 1. The minimum Gasteiger partial charge on any atom is -0.465 e. The Bertz CT molecular complexity index is 402. The summed E-state index contributed by atoms with van der Waals surface area (Å²) in [5, 5.41) is 2.33. The predicted molar refractivity (Wildman–Crippen MR) is 55.4 cm³/mol. The van der Waals surface area contributed by atoms with Crippen molar-refractivity contribution in [2.45, 2.75) is 0 Å². The predicted octanol–water partition coefficient (Wildman–Crippen LogP) is 1.08. The molecule has 78 valence electrons. The monoisotopic (exact) mass is 206 g/mol. The fraction of sp³-hybridized carbons (Fsp3) is 0.100. The van der Waals surface area contributed by atoms with Crippen molar-refractivity contribution in [2.75, 3.05) is 12.4 Å². The van der Waals surface area contributed by atoms with Crippen LogP contribution in [0.25, 0.3) is 6.08 Å². The summed E-state index contributed by atoms with van der Waals surface area (Å²) in [5.74, 6) is -0.392. The van der Waals surface area contributed by atoms with E-state index in [1.807, 2.05) is 0 Å². The van der Waals surface area contributed by atoms with Gasteiger partial charge < -0.3 is 10.1 Å². The second kappa shape index (κ2) is 4.90. The van der Waals surface area contributed by atoms with E-state index in [1.54, 1.807) is 6.07 Å². The van der Waals surface area contributed by atoms with Crippen LogP contribution < -0.4 is 5.32 Å². The fourth-order valence-electron chi connectivity index (χ4n) is 1.03. The third-order valence-electron chi connectivity index (χ3n) is 1.73. The van der Waals surface area contributed by atoms with Crippen molar-refractivity contribution in [2.24, 2.45) is 0 Å². The average Bonchev–Trinajstić information content (AvgIpc) is 2.28. The summed E-state index contributed by atoms with van der Waals surface area (Å²) in [5.41, 5.74) is 0.766. The standard InChI is InChI=1S/C10H10N2O3/c1-3-7-4-5-8(10(14)15-2)9(12-7)11-6-13/h3-6H,1H2,2H3,(H,11,12,13). The third-order valence-corrected chi connectivity index (χ3v) is 1.73. The Hall–Kier alpha value is -2.17. The zero-order chi connectivity index (χ0) is 11.3. The van der Waals surface area contributed by atoms with Crippen LogP contribution in [0.1, 0.15) is 16.1 Å². The summed E-state index contributed by atoms with van der Waals surface area (Å²) in [4.78, 5) is 25.6. The lowest BCUT2D eigenvalue weighted by atomic mass is 10.2. The van der Waals surface area contributed by atoms with Gasteiger partial charge in [0.05, 0.1) is 12.8 Å². The fourth-order valence-corrected chi connectivity index (χ4v) is 1.03. The van der Waals surface area contributed by atoms with Crippen molar-refractivity contribution in [3.8, 4) is 0 Å². The number of anilines is 1. The van der Waals surface area contributed by atoms with Crippen molar-refractivity contribution in [3.05, 3.63) is 30.0 Å².